The Morgan fingerprint density at radius 1 is 1.58 bits per heavy atom. The summed E-state index contributed by atoms with van der Waals surface area (Å²) in [5.41, 5.74) is -0.145. The van der Waals surface area contributed by atoms with Gasteiger partial charge in [0.1, 0.15) is 5.01 Å². The quantitative estimate of drug-likeness (QED) is 0.778. The van der Waals surface area contributed by atoms with E-state index in [1.54, 1.807) is 16.2 Å². The minimum atomic E-state index is -0.145. The van der Waals surface area contributed by atoms with Gasteiger partial charge in [-0.05, 0) is 12.8 Å². The van der Waals surface area contributed by atoms with Crippen LogP contribution < -0.4 is 0 Å². The van der Waals surface area contributed by atoms with Gasteiger partial charge < -0.3 is 14.4 Å². The minimum absolute atomic E-state index is 0.145. The first kappa shape index (κ1) is 17.8. The van der Waals surface area contributed by atoms with E-state index in [9.17, 15) is 4.79 Å². The molecule has 0 radical (unpaired) electrons. The fraction of sp³-hybridized carbons (Fsp3) is 0.765. The van der Waals surface area contributed by atoms with E-state index in [-0.39, 0.29) is 11.5 Å². The van der Waals surface area contributed by atoms with Gasteiger partial charge in [-0.3, -0.25) is 9.69 Å². The molecule has 2 fully saturated rings. The maximum atomic E-state index is 12.0. The van der Waals surface area contributed by atoms with Crippen molar-refractivity contribution in [3.05, 3.63) is 16.6 Å². The van der Waals surface area contributed by atoms with E-state index in [4.69, 9.17) is 9.47 Å². The third kappa shape index (κ3) is 4.14. The van der Waals surface area contributed by atoms with Crippen molar-refractivity contribution < 1.29 is 14.3 Å². The monoisotopic (exact) mass is 353 g/mol. The van der Waals surface area contributed by atoms with E-state index >= 15 is 0 Å². The van der Waals surface area contributed by atoms with Crippen LogP contribution in [0.1, 0.15) is 24.3 Å². The van der Waals surface area contributed by atoms with Crippen molar-refractivity contribution in [3.63, 3.8) is 0 Å². The molecule has 1 spiro atoms. The van der Waals surface area contributed by atoms with Crippen LogP contribution in [0.25, 0.3) is 0 Å². The third-order valence-electron chi connectivity index (χ3n) is 5.07. The molecule has 1 aliphatic heterocycles. The topological polar surface area (TPSA) is 54.9 Å². The summed E-state index contributed by atoms with van der Waals surface area (Å²) >= 11 is 1.62. The zero-order valence-electron chi connectivity index (χ0n) is 14.6. The van der Waals surface area contributed by atoms with Crippen molar-refractivity contribution in [2.45, 2.75) is 31.5 Å². The van der Waals surface area contributed by atoms with Crippen LogP contribution in [0.5, 0.6) is 0 Å². The molecule has 1 aromatic heterocycles. The lowest BCUT2D eigenvalue weighted by molar-refractivity contribution is -0.150. The van der Waals surface area contributed by atoms with Gasteiger partial charge in [0.25, 0.3) is 0 Å². The van der Waals surface area contributed by atoms with Gasteiger partial charge in [0.15, 0.2) is 0 Å². The molecular weight excluding hydrogens is 326 g/mol. The average molecular weight is 353 g/mol. The van der Waals surface area contributed by atoms with E-state index in [0.29, 0.717) is 32.3 Å². The number of morpholine rings is 1. The molecule has 1 aliphatic carbocycles. The number of hydrogen-bond acceptors (Lipinski definition) is 6. The smallest absolute Gasteiger partial charge is 0.236 e. The number of rotatable bonds is 6. The summed E-state index contributed by atoms with van der Waals surface area (Å²) in [5, 5.41) is 2.99. The van der Waals surface area contributed by atoms with Crippen molar-refractivity contribution in [1.82, 2.24) is 14.8 Å². The van der Waals surface area contributed by atoms with Gasteiger partial charge in [0.2, 0.25) is 5.91 Å². The number of amides is 1. The zero-order valence-corrected chi connectivity index (χ0v) is 15.4. The molecule has 1 amide bonds. The Balaban J connectivity index is 1.54. The Kier molecular flexibility index (Phi) is 5.86. The number of ether oxygens (including phenoxy) is 2. The van der Waals surface area contributed by atoms with Crippen LogP contribution in [-0.4, -0.2) is 73.2 Å². The molecule has 0 aromatic carbocycles. The molecule has 3 rings (SSSR count). The number of likely N-dealkylation sites (N-methyl/N-ethyl adjacent to an activating group) is 1. The fourth-order valence-electron chi connectivity index (χ4n) is 3.71. The van der Waals surface area contributed by atoms with E-state index in [1.165, 1.54) is 6.42 Å². The number of hydrogen-bond donors (Lipinski definition) is 0. The Morgan fingerprint density at radius 3 is 3.21 bits per heavy atom. The molecule has 2 aliphatic rings. The van der Waals surface area contributed by atoms with Gasteiger partial charge in [-0.25, -0.2) is 4.98 Å². The number of carbonyl (C=O) groups excluding carboxylic acids is 1. The lowest BCUT2D eigenvalue weighted by Crippen LogP contribution is -2.56. The molecule has 24 heavy (non-hydrogen) atoms. The molecule has 6 nitrogen and oxygen atoms in total. The largest absolute Gasteiger partial charge is 0.374 e. The molecule has 2 heterocycles. The molecular formula is C17H27N3O3S. The predicted molar refractivity (Wildman–Crippen MR) is 92.9 cm³/mol. The van der Waals surface area contributed by atoms with E-state index < -0.39 is 0 Å². The molecule has 0 unspecified atom stereocenters. The van der Waals surface area contributed by atoms with Gasteiger partial charge in [0.05, 0.1) is 32.0 Å². The average Bonchev–Trinajstić information content (AvgIpc) is 3.19. The molecule has 1 saturated heterocycles. The number of nitrogens with zero attached hydrogens (tertiary/aromatic N) is 3. The highest BCUT2D eigenvalue weighted by Crippen LogP contribution is 2.41. The highest BCUT2D eigenvalue weighted by Gasteiger charge is 2.47. The van der Waals surface area contributed by atoms with Crippen molar-refractivity contribution in [3.8, 4) is 0 Å². The lowest BCUT2D eigenvalue weighted by atomic mass is 9.89. The van der Waals surface area contributed by atoms with Gasteiger partial charge in [-0.1, -0.05) is 6.42 Å². The van der Waals surface area contributed by atoms with Crippen molar-refractivity contribution in [2.24, 2.45) is 5.92 Å². The number of carbonyl (C=O) groups is 1. The highest BCUT2D eigenvalue weighted by atomic mass is 32.1. The summed E-state index contributed by atoms with van der Waals surface area (Å²) in [5.74, 6) is 0.552. The first-order chi connectivity index (χ1) is 11.6. The van der Waals surface area contributed by atoms with Gasteiger partial charge >= 0.3 is 0 Å². The first-order valence-corrected chi connectivity index (χ1v) is 9.49. The molecule has 0 N–H and O–H groups in total. The molecule has 134 valence electrons. The maximum Gasteiger partial charge on any atom is 0.236 e. The standard InChI is InChI=1S/C17H27N3O3S/c1-19(2)16(21)10-20-7-8-23-17(13-20)5-3-4-14(17)11-22-12-15-18-6-9-24-15/h6,9,14H,3-5,7-8,10-13H2,1-2H3/t14-,17+/m0/s1. The second kappa shape index (κ2) is 7.91. The summed E-state index contributed by atoms with van der Waals surface area (Å²) in [7, 11) is 3.62. The SMILES string of the molecule is CN(C)C(=O)CN1CCO[C@]2(CCC[C@H]2COCc2nccs2)C1. The highest BCUT2D eigenvalue weighted by molar-refractivity contribution is 7.09. The molecule has 7 heteroatoms. The minimum Gasteiger partial charge on any atom is -0.374 e. The number of aromatic nitrogens is 1. The van der Waals surface area contributed by atoms with Crippen LogP contribution in [0.15, 0.2) is 11.6 Å². The Labute approximate surface area is 147 Å². The summed E-state index contributed by atoms with van der Waals surface area (Å²) < 4.78 is 12.2. The molecule has 0 bridgehead atoms. The van der Waals surface area contributed by atoms with Gasteiger partial charge in [-0.2, -0.15) is 0 Å². The summed E-state index contributed by atoms with van der Waals surface area (Å²) in [6, 6.07) is 0. The van der Waals surface area contributed by atoms with Crippen LogP contribution in [-0.2, 0) is 20.9 Å². The summed E-state index contributed by atoms with van der Waals surface area (Å²) in [6.45, 7) is 4.11. The van der Waals surface area contributed by atoms with Crippen molar-refractivity contribution in [1.29, 1.82) is 0 Å². The first-order valence-electron chi connectivity index (χ1n) is 8.62. The Hall–Kier alpha value is -1.02. The van der Waals surface area contributed by atoms with Crippen molar-refractivity contribution in [2.75, 3.05) is 46.9 Å². The Morgan fingerprint density at radius 2 is 2.46 bits per heavy atom. The predicted octanol–water partition coefficient (Wildman–Crippen LogP) is 1.62. The van der Waals surface area contributed by atoms with Crippen molar-refractivity contribution >= 4 is 17.2 Å². The summed E-state index contributed by atoms with van der Waals surface area (Å²) in [6.07, 6.45) is 5.17. The third-order valence-corrected chi connectivity index (χ3v) is 5.82. The lowest BCUT2D eigenvalue weighted by Gasteiger charge is -2.44. The second-order valence-electron chi connectivity index (χ2n) is 6.94. The summed E-state index contributed by atoms with van der Waals surface area (Å²) in [4.78, 5) is 20.2. The van der Waals surface area contributed by atoms with Crippen LogP contribution >= 0.6 is 11.3 Å². The second-order valence-corrected chi connectivity index (χ2v) is 7.92. The van der Waals surface area contributed by atoms with E-state index in [2.05, 4.69) is 9.88 Å². The van der Waals surface area contributed by atoms with Crippen LogP contribution in [0.4, 0.5) is 0 Å². The van der Waals surface area contributed by atoms with E-state index in [1.807, 2.05) is 25.7 Å². The van der Waals surface area contributed by atoms with Gasteiger partial charge in [0, 0.05) is 44.7 Å². The van der Waals surface area contributed by atoms with Crippen LogP contribution in [0.2, 0.25) is 0 Å². The molecule has 1 aromatic rings. The van der Waals surface area contributed by atoms with Crippen LogP contribution in [0.3, 0.4) is 0 Å². The molecule has 1 saturated carbocycles. The normalized spacial score (nSPS) is 27.7. The van der Waals surface area contributed by atoms with Gasteiger partial charge in [-0.15, -0.1) is 11.3 Å². The van der Waals surface area contributed by atoms with E-state index in [0.717, 1.165) is 30.9 Å². The fourth-order valence-corrected chi connectivity index (χ4v) is 4.26. The van der Waals surface area contributed by atoms with Crippen LogP contribution in [0, 0.1) is 5.92 Å². The maximum absolute atomic E-state index is 12.0. The molecule has 2 atom stereocenters. The zero-order chi connectivity index (χ0) is 17.0. The number of thiazole rings is 1. The Bertz CT molecular complexity index is 537.